The normalized spacial score (nSPS) is 11.0. The minimum absolute atomic E-state index is 0.511. The van der Waals surface area contributed by atoms with Crippen LogP contribution in [0.5, 0.6) is 5.75 Å². The van der Waals surface area contributed by atoms with Crippen LogP contribution in [0.15, 0.2) is 60.4 Å². The molecule has 1 aromatic rings. The van der Waals surface area contributed by atoms with Crippen molar-refractivity contribution in [3.8, 4) is 5.75 Å². The zero-order chi connectivity index (χ0) is 18.9. The van der Waals surface area contributed by atoms with Crippen molar-refractivity contribution in [2.45, 2.75) is 46.0 Å². The molecular formula is C22H33NO2. The van der Waals surface area contributed by atoms with Gasteiger partial charge in [-0.15, -0.1) is 0 Å². The van der Waals surface area contributed by atoms with Gasteiger partial charge in [0.2, 0.25) is 0 Å². The number of carbonyl (C=O) groups excluding carboxylic acids is 1. The summed E-state index contributed by atoms with van der Waals surface area (Å²) < 4.78 is 5.63. The monoisotopic (exact) mass is 343 g/mol. The standard InChI is InChI=1S/C20H26O2.C2H7N/c1-4-6-7-8-9-19-12-14-20(15-13-19)22-17(3)10-11-18(5-2)16-21;1-3-2/h5,10-16H,3-4,6-9H2,1-2H3;3H,1-2H3/b11-10-,18-5+;. The molecule has 0 amide bonds. The first-order valence-corrected chi connectivity index (χ1v) is 8.94. The minimum Gasteiger partial charge on any atom is -0.458 e. The fourth-order valence-corrected chi connectivity index (χ4v) is 2.06. The molecule has 0 radical (unpaired) electrons. The molecule has 0 spiro atoms. The first-order valence-electron chi connectivity index (χ1n) is 8.94. The molecule has 138 valence electrons. The van der Waals surface area contributed by atoms with Crippen molar-refractivity contribution in [3.63, 3.8) is 0 Å². The Hall–Kier alpha value is -2.13. The Labute approximate surface area is 153 Å². The van der Waals surface area contributed by atoms with Crippen LogP contribution in [0, 0.1) is 0 Å². The Morgan fingerprint density at radius 1 is 1.12 bits per heavy atom. The first-order chi connectivity index (χ1) is 12.1. The summed E-state index contributed by atoms with van der Waals surface area (Å²) in [5.41, 5.74) is 1.94. The molecule has 0 aliphatic rings. The number of carbonyl (C=O) groups is 1. The molecule has 0 aliphatic carbocycles. The van der Waals surface area contributed by atoms with E-state index in [4.69, 9.17) is 4.74 Å². The van der Waals surface area contributed by atoms with E-state index in [2.05, 4.69) is 31.0 Å². The van der Waals surface area contributed by atoms with E-state index in [9.17, 15) is 4.79 Å². The molecule has 0 bridgehead atoms. The molecule has 0 unspecified atom stereocenters. The van der Waals surface area contributed by atoms with Crippen molar-refractivity contribution in [1.82, 2.24) is 5.32 Å². The van der Waals surface area contributed by atoms with Gasteiger partial charge in [-0.1, -0.05) is 51.0 Å². The van der Waals surface area contributed by atoms with Crippen molar-refractivity contribution in [2.75, 3.05) is 14.1 Å². The number of rotatable bonds is 10. The van der Waals surface area contributed by atoms with Gasteiger partial charge < -0.3 is 10.1 Å². The van der Waals surface area contributed by atoms with E-state index >= 15 is 0 Å². The Bertz CT molecular complexity index is 542. The van der Waals surface area contributed by atoms with Crippen LogP contribution in [0.1, 0.15) is 45.1 Å². The number of hydrogen-bond donors (Lipinski definition) is 1. The van der Waals surface area contributed by atoms with Crippen LogP contribution in [-0.4, -0.2) is 20.4 Å². The van der Waals surface area contributed by atoms with Gasteiger partial charge in [-0.2, -0.15) is 0 Å². The molecule has 25 heavy (non-hydrogen) atoms. The van der Waals surface area contributed by atoms with Crippen molar-refractivity contribution < 1.29 is 9.53 Å². The lowest BCUT2D eigenvalue weighted by molar-refractivity contribution is -0.104. The highest BCUT2D eigenvalue weighted by molar-refractivity contribution is 5.77. The fourth-order valence-electron chi connectivity index (χ4n) is 2.06. The minimum atomic E-state index is 0.511. The second-order valence-electron chi connectivity index (χ2n) is 5.76. The van der Waals surface area contributed by atoms with Gasteiger partial charge in [-0.25, -0.2) is 0 Å². The van der Waals surface area contributed by atoms with Crippen LogP contribution in [-0.2, 0) is 11.2 Å². The largest absolute Gasteiger partial charge is 0.458 e. The zero-order valence-corrected chi connectivity index (χ0v) is 16.2. The van der Waals surface area contributed by atoms with E-state index in [-0.39, 0.29) is 0 Å². The van der Waals surface area contributed by atoms with Crippen LogP contribution in [0.3, 0.4) is 0 Å². The third-order valence-corrected chi connectivity index (χ3v) is 3.42. The fraction of sp³-hybridized carbons (Fsp3) is 0.409. The van der Waals surface area contributed by atoms with E-state index in [1.165, 1.54) is 31.2 Å². The van der Waals surface area contributed by atoms with Gasteiger partial charge >= 0.3 is 0 Å². The van der Waals surface area contributed by atoms with Crippen molar-refractivity contribution in [1.29, 1.82) is 0 Å². The molecule has 3 nitrogen and oxygen atoms in total. The topological polar surface area (TPSA) is 38.3 Å². The number of hydrogen-bond acceptors (Lipinski definition) is 3. The molecule has 1 aromatic carbocycles. The summed E-state index contributed by atoms with van der Waals surface area (Å²) in [6, 6.07) is 8.12. The third-order valence-electron chi connectivity index (χ3n) is 3.42. The van der Waals surface area contributed by atoms with Crippen molar-refractivity contribution >= 4 is 6.29 Å². The van der Waals surface area contributed by atoms with E-state index in [1.807, 2.05) is 33.2 Å². The van der Waals surface area contributed by atoms with Gasteiger partial charge in [0.05, 0.1) is 0 Å². The number of aryl methyl sites for hydroxylation is 1. The summed E-state index contributed by atoms with van der Waals surface area (Å²) in [6.07, 6.45) is 12.2. The summed E-state index contributed by atoms with van der Waals surface area (Å²) in [5, 5.41) is 2.75. The zero-order valence-electron chi connectivity index (χ0n) is 16.2. The maximum Gasteiger partial charge on any atom is 0.149 e. The number of nitrogens with one attached hydrogen (secondary N) is 1. The maximum absolute atomic E-state index is 10.7. The molecule has 3 heteroatoms. The van der Waals surface area contributed by atoms with E-state index in [0.29, 0.717) is 11.3 Å². The van der Waals surface area contributed by atoms with Gasteiger partial charge in [-0.3, -0.25) is 4.79 Å². The average Bonchev–Trinajstić information content (AvgIpc) is 2.62. The van der Waals surface area contributed by atoms with Crippen molar-refractivity contribution in [3.05, 3.63) is 66.0 Å². The Kier molecular flexibility index (Phi) is 14.1. The lowest BCUT2D eigenvalue weighted by atomic mass is 10.1. The van der Waals surface area contributed by atoms with E-state index in [0.717, 1.165) is 18.5 Å². The predicted octanol–water partition coefficient (Wildman–Crippen LogP) is 5.24. The van der Waals surface area contributed by atoms with Crippen molar-refractivity contribution in [2.24, 2.45) is 0 Å². The third kappa shape index (κ3) is 12.0. The van der Waals surface area contributed by atoms with Gasteiger partial charge in [0.25, 0.3) is 0 Å². The van der Waals surface area contributed by atoms with Gasteiger partial charge in [0.15, 0.2) is 0 Å². The number of allylic oxidation sites excluding steroid dienone is 4. The lowest BCUT2D eigenvalue weighted by Crippen LogP contribution is -1.92. The van der Waals surface area contributed by atoms with Crippen LogP contribution >= 0.6 is 0 Å². The summed E-state index contributed by atoms with van der Waals surface area (Å²) >= 11 is 0. The summed E-state index contributed by atoms with van der Waals surface area (Å²) in [7, 11) is 3.75. The second kappa shape index (κ2) is 15.4. The van der Waals surface area contributed by atoms with Crippen LogP contribution < -0.4 is 10.1 Å². The molecule has 0 aromatic heterocycles. The maximum atomic E-state index is 10.7. The smallest absolute Gasteiger partial charge is 0.149 e. The van der Waals surface area contributed by atoms with Gasteiger partial charge in [-0.05, 0) is 63.7 Å². The molecule has 0 saturated carbocycles. The molecule has 0 saturated heterocycles. The van der Waals surface area contributed by atoms with Gasteiger partial charge in [0.1, 0.15) is 17.8 Å². The SMILES string of the molecule is C=C(/C=C\C(C=O)=C/C)Oc1ccc(CCCCCC)cc1.CNC. The molecule has 0 aliphatic heterocycles. The summed E-state index contributed by atoms with van der Waals surface area (Å²) in [6.45, 7) is 7.87. The quantitative estimate of drug-likeness (QED) is 0.208. The number of ether oxygens (including phenoxy) is 1. The highest BCUT2D eigenvalue weighted by Crippen LogP contribution is 2.17. The van der Waals surface area contributed by atoms with E-state index in [1.54, 1.807) is 18.2 Å². The Balaban J connectivity index is 0.00000178. The number of unbranched alkanes of at least 4 members (excludes halogenated alkanes) is 3. The molecular weight excluding hydrogens is 310 g/mol. The van der Waals surface area contributed by atoms with Crippen LogP contribution in [0.2, 0.25) is 0 Å². The first kappa shape index (κ1) is 22.9. The molecule has 0 fully saturated rings. The molecule has 0 heterocycles. The molecule has 1 N–H and O–H groups in total. The summed E-state index contributed by atoms with van der Waals surface area (Å²) in [4.78, 5) is 10.7. The average molecular weight is 344 g/mol. The summed E-state index contributed by atoms with van der Waals surface area (Å²) in [5.74, 6) is 1.27. The predicted molar refractivity (Wildman–Crippen MR) is 108 cm³/mol. The highest BCUT2D eigenvalue weighted by Gasteiger charge is 1.98. The van der Waals surface area contributed by atoms with Crippen LogP contribution in [0.25, 0.3) is 0 Å². The number of benzene rings is 1. The Morgan fingerprint density at radius 3 is 2.28 bits per heavy atom. The van der Waals surface area contributed by atoms with E-state index < -0.39 is 0 Å². The molecule has 1 rings (SSSR count). The molecule has 0 atom stereocenters. The second-order valence-corrected chi connectivity index (χ2v) is 5.76. The van der Waals surface area contributed by atoms with Crippen LogP contribution in [0.4, 0.5) is 0 Å². The number of aldehydes is 1. The van der Waals surface area contributed by atoms with Gasteiger partial charge in [0, 0.05) is 5.57 Å². The highest BCUT2D eigenvalue weighted by atomic mass is 16.5. The Morgan fingerprint density at radius 2 is 1.76 bits per heavy atom. The lowest BCUT2D eigenvalue weighted by Gasteiger charge is -2.06.